The number of pyridine rings is 1. The van der Waals surface area contributed by atoms with E-state index in [0.29, 0.717) is 23.3 Å². The highest BCUT2D eigenvalue weighted by Crippen LogP contribution is 2.29. The van der Waals surface area contributed by atoms with Crippen molar-refractivity contribution in [1.29, 1.82) is 0 Å². The van der Waals surface area contributed by atoms with E-state index in [0.717, 1.165) is 36.4 Å². The van der Waals surface area contributed by atoms with E-state index in [1.165, 1.54) is 5.56 Å². The predicted molar refractivity (Wildman–Crippen MR) is 115 cm³/mol. The molecule has 0 bridgehead atoms. The molecule has 0 saturated carbocycles. The molecule has 1 heterocycles. The van der Waals surface area contributed by atoms with Crippen molar-refractivity contribution in [2.45, 2.75) is 19.6 Å². The van der Waals surface area contributed by atoms with E-state index in [9.17, 15) is 0 Å². The summed E-state index contributed by atoms with van der Waals surface area (Å²) in [6.07, 6.45) is 2.66. The Bertz CT molecular complexity index is 899. The highest BCUT2D eigenvalue weighted by molar-refractivity contribution is 6.29. The minimum atomic E-state index is 0.403. The van der Waals surface area contributed by atoms with Gasteiger partial charge >= 0.3 is 0 Å². The largest absolute Gasteiger partial charge is 0.497 e. The number of ether oxygens (including phenoxy) is 3. The molecule has 1 aromatic heterocycles. The zero-order valence-corrected chi connectivity index (χ0v) is 17.4. The molecule has 0 amide bonds. The van der Waals surface area contributed by atoms with Gasteiger partial charge in [-0.25, -0.2) is 4.98 Å². The number of aromatic nitrogens is 1. The van der Waals surface area contributed by atoms with Gasteiger partial charge in [0.15, 0.2) is 11.5 Å². The molecule has 2 aromatic carbocycles. The Hall–Kier alpha value is -2.76. The average Bonchev–Trinajstić information content (AvgIpc) is 2.77. The molecule has 0 aliphatic rings. The number of halogens is 1. The summed E-state index contributed by atoms with van der Waals surface area (Å²) in [7, 11) is 3.32. The standard InChI is InChI=1S/C23H25ClN2O3/c1-27-20-7-3-17(4-8-20)11-12-25-14-18-5-9-21(22(13-18)28-2)29-16-19-6-10-23(24)26-15-19/h3-10,13,15,25H,11-12,14,16H2,1-2H3. The zero-order valence-electron chi connectivity index (χ0n) is 16.7. The number of hydrogen-bond acceptors (Lipinski definition) is 5. The van der Waals surface area contributed by atoms with E-state index in [-0.39, 0.29) is 0 Å². The van der Waals surface area contributed by atoms with Gasteiger partial charge in [0, 0.05) is 18.3 Å². The fraction of sp³-hybridized carbons (Fsp3) is 0.261. The van der Waals surface area contributed by atoms with Crippen LogP contribution in [0.5, 0.6) is 17.2 Å². The van der Waals surface area contributed by atoms with E-state index in [4.69, 9.17) is 25.8 Å². The van der Waals surface area contributed by atoms with E-state index >= 15 is 0 Å². The fourth-order valence-corrected chi connectivity index (χ4v) is 2.96. The van der Waals surface area contributed by atoms with Crippen LogP contribution in [0.3, 0.4) is 0 Å². The summed E-state index contributed by atoms with van der Waals surface area (Å²) in [5.41, 5.74) is 3.36. The SMILES string of the molecule is COc1ccc(CCNCc2ccc(OCc3ccc(Cl)nc3)c(OC)c2)cc1. The molecule has 3 aromatic rings. The first kappa shape index (κ1) is 21.0. The molecule has 6 heteroatoms. The summed E-state index contributed by atoms with van der Waals surface area (Å²) >= 11 is 5.81. The number of nitrogens with one attached hydrogen (secondary N) is 1. The van der Waals surface area contributed by atoms with Crippen molar-refractivity contribution < 1.29 is 14.2 Å². The summed E-state index contributed by atoms with van der Waals surface area (Å²) < 4.78 is 16.5. The van der Waals surface area contributed by atoms with Gasteiger partial charge in [-0.05, 0) is 54.4 Å². The highest BCUT2D eigenvalue weighted by Gasteiger charge is 2.07. The Kier molecular flexibility index (Phi) is 7.73. The molecular formula is C23H25ClN2O3. The van der Waals surface area contributed by atoms with Crippen LogP contribution in [0.2, 0.25) is 5.15 Å². The Balaban J connectivity index is 1.49. The van der Waals surface area contributed by atoms with Crippen molar-refractivity contribution in [3.05, 3.63) is 82.6 Å². The van der Waals surface area contributed by atoms with Gasteiger partial charge in [0.2, 0.25) is 0 Å². The van der Waals surface area contributed by atoms with Crippen molar-refractivity contribution in [2.24, 2.45) is 0 Å². The van der Waals surface area contributed by atoms with Crippen LogP contribution in [-0.4, -0.2) is 25.7 Å². The molecular weight excluding hydrogens is 388 g/mol. The molecule has 0 atom stereocenters. The second-order valence-corrected chi connectivity index (χ2v) is 6.93. The van der Waals surface area contributed by atoms with Gasteiger partial charge in [-0.15, -0.1) is 0 Å². The maximum atomic E-state index is 5.87. The van der Waals surface area contributed by atoms with Crippen LogP contribution in [0.4, 0.5) is 0 Å². The Labute approximate surface area is 176 Å². The summed E-state index contributed by atoms with van der Waals surface area (Å²) in [6.45, 7) is 2.05. The maximum absolute atomic E-state index is 5.87. The van der Waals surface area contributed by atoms with Crippen LogP contribution in [0, 0.1) is 0 Å². The average molecular weight is 413 g/mol. The third-order valence-electron chi connectivity index (χ3n) is 4.49. The Morgan fingerprint density at radius 2 is 1.62 bits per heavy atom. The highest BCUT2D eigenvalue weighted by atomic mass is 35.5. The van der Waals surface area contributed by atoms with Gasteiger partial charge in [0.25, 0.3) is 0 Å². The van der Waals surface area contributed by atoms with Gasteiger partial charge in [-0.2, -0.15) is 0 Å². The summed E-state index contributed by atoms with van der Waals surface area (Å²) in [5.74, 6) is 2.29. The molecule has 0 saturated heterocycles. The van der Waals surface area contributed by atoms with Crippen LogP contribution < -0.4 is 19.5 Å². The Morgan fingerprint density at radius 1 is 0.862 bits per heavy atom. The first-order valence-corrected chi connectivity index (χ1v) is 9.79. The number of benzene rings is 2. The molecule has 0 radical (unpaired) electrons. The molecule has 0 spiro atoms. The zero-order chi connectivity index (χ0) is 20.5. The normalized spacial score (nSPS) is 10.6. The molecule has 0 aliphatic carbocycles. The van der Waals surface area contributed by atoms with Crippen LogP contribution in [0.1, 0.15) is 16.7 Å². The minimum absolute atomic E-state index is 0.403. The van der Waals surface area contributed by atoms with Crippen LogP contribution in [0.15, 0.2) is 60.8 Å². The first-order valence-electron chi connectivity index (χ1n) is 9.41. The van der Waals surface area contributed by atoms with Crippen molar-refractivity contribution in [1.82, 2.24) is 10.3 Å². The summed E-state index contributed by atoms with van der Waals surface area (Å²) in [6, 6.07) is 17.8. The molecule has 29 heavy (non-hydrogen) atoms. The van der Waals surface area contributed by atoms with Gasteiger partial charge in [-0.3, -0.25) is 0 Å². The topological polar surface area (TPSA) is 52.6 Å². The second-order valence-electron chi connectivity index (χ2n) is 6.54. The van der Waals surface area contributed by atoms with Crippen LogP contribution in [0.25, 0.3) is 0 Å². The van der Waals surface area contributed by atoms with Gasteiger partial charge in [0.1, 0.15) is 17.5 Å². The van der Waals surface area contributed by atoms with Gasteiger partial charge in [0.05, 0.1) is 14.2 Å². The lowest BCUT2D eigenvalue weighted by Crippen LogP contribution is -2.16. The van der Waals surface area contributed by atoms with E-state index < -0.39 is 0 Å². The Morgan fingerprint density at radius 3 is 2.31 bits per heavy atom. The minimum Gasteiger partial charge on any atom is -0.497 e. The molecule has 0 fully saturated rings. The van der Waals surface area contributed by atoms with Crippen molar-refractivity contribution in [3.8, 4) is 17.2 Å². The maximum Gasteiger partial charge on any atom is 0.161 e. The molecule has 0 unspecified atom stereocenters. The molecule has 0 aliphatic heterocycles. The number of methoxy groups -OCH3 is 2. The first-order chi connectivity index (χ1) is 14.2. The molecule has 3 rings (SSSR count). The van der Waals surface area contributed by atoms with Crippen molar-refractivity contribution >= 4 is 11.6 Å². The van der Waals surface area contributed by atoms with Gasteiger partial charge < -0.3 is 19.5 Å². The number of hydrogen-bond donors (Lipinski definition) is 1. The lowest BCUT2D eigenvalue weighted by atomic mass is 10.1. The lowest BCUT2D eigenvalue weighted by Gasteiger charge is -2.13. The van der Waals surface area contributed by atoms with Crippen molar-refractivity contribution in [2.75, 3.05) is 20.8 Å². The smallest absolute Gasteiger partial charge is 0.161 e. The monoisotopic (exact) mass is 412 g/mol. The van der Waals surface area contributed by atoms with Crippen LogP contribution >= 0.6 is 11.6 Å². The second kappa shape index (κ2) is 10.7. The molecule has 5 nitrogen and oxygen atoms in total. The lowest BCUT2D eigenvalue weighted by molar-refractivity contribution is 0.284. The van der Waals surface area contributed by atoms with E-state index in [1.54, 1.807) is 26.5 Å². The summed E-state index contributed by atoms with van der Waals surface area (Å²) in [5, 5.41) is 3.93. The van der Waals surface area contributed by atoms with E-state index in [2.05, 4.69) is 22.4 Å². The van der Waals surface area contributed by atoms with Gasteiger partial charge in [-0.1, -0.05) is 35.9 Å². The molecule has 152 valence electrons. The fourth-order valence-electron chi connectivity index (χ4n) is 2.85. The predicted octanol–water partition coefficient (Wildman–Crippen LogP) is 4.66. The van der Waals surface area contributed by atoms with Crippen LogP contribution in [-0.2, 0) is 19.6 Å². The quantitative estimate of drug-likeness (QED) is 0.387. The third-order valence-corrected chi connectivity index (χ3v) is 4.71. The molecule has 1 N–H and O–H groups in total. The van der Waals surface area contributed by atoms with E-state index in [1.807, 2.05) is 36.4 Å². The summed E-state index contributed by atoms with van der Waals surface area (Å²) in [4.78, 5) is 4.06. The van der Waals surface area contributed by atoms with Crippen molar-refractivity contribution in [3.63, 3.8) is 0 Å². The number of rotatable bonds is 10. The number of nitrogens with zero attached hydrogens (tertiary/aromatic N) is 1. The third kappa shape index (κ3) is 6.38.